The van der Waals surface area contributed by atoms with Crippen LogP contribution in [0.3, 0.4) is 0 Å². The van der Waals surface area contributed by atoms with Gasteiger partial charge in [-0.2, -0.15) is 5.10 Å². The molecule has 2 aromatic rings. The standard InChI is InChI=1S/C18H18BrN3O4/c1-3-13-7-8-17(16(19)9-13)26-11-18(23)21-20-12(2)14-5-4-6-15(10-14)22(24)25/h4-10H,3,11H2,1-2H3,(H,21,23). The fourth-order valence-corrected chi connectivity index (χ4v) is 2.65. The van der Waals surface area contributed by atoms with Gasteiger partial charge in [-0.25, -0.2) is 5.43 Å². The first kappa shape index (κ1) is 19.6. The van der Waals surface area contributed by atoms with Gasteiger partial charge in [0.1, 0.15) is 5.75 Å². The SMILES string of the molecule is CCc1ccc(OCC(=O)NN=C(C)c2cccc([N+](=O)[O-])c2)c(Br)c1. The van der Waals surface area contributed by atoms with Crippen LogP contribution in [0.2, 0.25) is 0 Å². The van der Waals surface area contributed by atoms with Crippen LogP contribution in [0, 0.1) is 10.1 Å². The summed E-state index contributed by atoms with van der Waals surface area (Å²) in [6, 6.07) is 11.7. The number of halogens is 1. The molecule has 26 heavy (non-hydrogen) atoms. The molecule has 0 atom stereocenters. The molecule has 2 aromatic carbocycles. The first-order valence-corrected chi connectivity index (χ1v) is 8.69. The van der Waals surface area contributed by atoms with E-state index in [4.69, 9.17) is 4.74 Å². The van der Waals surface area contributed by atoms with E-state index in [1.165, 1.54) is 12.1 Å². The molecule has 0 unspecified atom stereocenters. The van der Waals surface area contributed by atoms with Crippen LogP contribution in [-0.4, -0.2) is 23.1 Å². The van der Waals surface area contributed by atoms with Gasteiger partial charge in [-0.1, -0.05) is 25.1 Å². The predicted octanol–water partition coefficient (Wildman–Crippen LogP) is 3.84. The zero-order chi connectivity index (χ0) is 19.1. The topological polar surface area (TPSA) is 93.8 Å². The lowest BCUT2D eigenvalue weighted by molar-refractivity contribution is -0.384. The number of benzene rings is 2. The van der Waals surface area contributed by atoms with Crippen LogP contribution in [0.25, 0.3) is 0 Å². The number of hydrazone groups is 1. The number of hydrogen-bond donors (Lipinski definition) is 1. The third kappa shape index (κ3) is 5.38. The molecule has 136 valence electrons. The first-order chi connectivity index (χ1) is 12.4. The fraction of sp³-hybridized carbons (Fsp3) is 0.222. The maximum Gasteiger partial charge on any atom is 0.277 e. The van der Waals surface area contributed by atoms with Crippen LogP contribution >= 0.6 is 15.9 Å². The van der Waals surface area contributed by atoms with E-state index >= 15 is 0 Å². The lowest BCUT2D eigenvalue weighted by atomic mass is 10.1. The molecule has 0 aliphatic rings. The summed E-state index contributed by atoms with van der Waals surface area (Å²) in [5, 5.41) is 14.8. The summed E-state index contributed by atoms with van der Waals surface area (Å²) in [5.41, 5.74) is 4.51. The lowest BCUT2D eigenvalue weighted by Crippen LogP contribution is -2.25. The van der Waals surface area contributed by atoms with Gasteiger partial charge in [0.25, 0.3) is 11.6 Å². The Labute approximate surface area is 159 Å². The summed E-state index contributed by atoms with van der Waals surface area (Å²) >= 11 is 3.41. The number of rotatable bonds is 7. The number of nitro benzene ring substituents is 1. The van der Waals surface area contributed by atoms with Crippen molar-refractivity contribution < 1.29 is 14.5 Å². The van der Waals surface area contributed by atoms with Crippen molar-refractivity contribution in [3.05, 3.63) is 68.2 Å². The largest absolute Gasteiger partial charge is 0.483 e. The van der Waals surface area contributed by atoms with Gasteiger partial charge in [0.15, 0.2) is 6.61 Å². The van der Waals surface area contributed by atoms with Gasteiger partial charge in [0, 0.05) is 17.7 Å². The van der Waals surface area contributed by atoms with E-state index in [1.807, 2.05) is 12.1 Å². The lowest BCUT2D eigenvalue weighted by Gasteiger charge is -2.09. The van der Waals surface area contributed by atoms with E-state index in [1.54, 1.807) is 25.1 Å². The normalized spacial score (nSPS) is 11.1. The van der Waals surface area contributed by atoms with Gasteiger partial charge in [0.2, 0.25) is 0 Å². The number of non-ortho nitro benzene ring substituents is 1. The van der Waals surface area contributed by atoms with Crippen molar-refractivity contribution in [2.45, 2.75) is 20.3 Å². The first-order valence-electron chi connectivity index (χ1n) is 7.90. The molecule has 7 nitrogen and oxygen atoms in total. The monoisotopic (exact) mass is 419 g/mol. The minimum Gasteiger partial charge on any atom is -0.483 e. The highest BCUT2D eigenvalue weighted by atomic mass is 79.9. The Kier molecular flexibility index (Phi) is 6.85. The maximum absolute atomic E-state index is 11.9. The van der Waals surface area contributed by atoms with Crippen LogP contribution in [0.5, 0.6) is 5.75 Å². The number of nitrogens with one attached hydrogen (secondary N) is 1. The Morgan fingerprint density at radius 3 is 2.73 bits per heavy atom. The summed E-state index contributed by atoms with van der Waals surface area (Å²) in [4.78, 5) is 22.2. The van der Waals surface area contributed by atoms with Crippen LogP contribution in [0.1, 0.15) is 25.0 Å². The Morgan fingerprint density at radius 1 is 1.31 bits per heavy atom. The molecule has 0 radical (unpaired) electrons. The van der Waals surface area contributed by atoms with Gasteiger partial charge < -0.3 is 4.74 Å². The second-order valence-electron chi connectivity index (χ2n) is 5.45. The van der Waals surface area contributed by atoms with E-state index in [2.05, 4.69) is 33.4 Å². The molecule has 0 aromatic heterocycles. The Hall–Kier alpha value is -2.74. The highest BCUT2D eigenvalue weighted by molar-refractivity contribution is 9.10. The summed E-state index contributed by atoms with van der Waals surface area (Å²) in [6.45, 7) is 3.51. The van der Waals surface area contributed by atoms with Crippen molar-refractivity contribution in [1.82, 2.24) is 5.43 Å². The number of carbonyl (C=O) groups excluding carboxylic acids is 1. The van der Waals surface area contributed by atoms with Crippen molar-refractivity contribution in [3.8, 4) is 5.75 Å². The number of amides is 1. The van der Waals surface area contributed by atoms with Gasteiger partial charge in [0.05, 0.1) is 15.1 Å². The molecule has 0 aliphatic carbocycles. The van der Waals surface area contributed by atoms with E-state index in [0.29, 0.717) is 17.0 Å². The van der Waals surface area contributed by atoms with Crippen molar-refractivity contribution in [1.29, 1.82) is 0 Å². The molecule has 1 amide bonds. The molecule has 2 rings (SSSR count). The fourth-order valence-electron chi connectivity index (χ4n) is 2.11. The predicted molar refractivity (Wildman–Crippen MR) is 102 cm³/mol. The molecular formula is C18H18BrN3O4. The molecule has 1 N–H and O–H groups in total. The average molecular weight is 420 g/mol. The summed E-state index contributed by atoms with van der Waals surface area (Å²) in [6.07, 6.45) is 0.908. The average Bonchev–Trinajstić information content (AvgIpc) is 2.65. The van der Waals surface area contributed by atoms with Crippen LogP contribution in [0.15, 0.2) is 52.0 Å². The zero-order valence-electron chi connectivity index (χ0n) is 14.4. The van der Waals surface area contributed by atoms with Crippen LogP contribution < -0.4 is 10.2 Å². The van der Waals surface area contributed by atoms with Crippen molar-refractivity contribution >= 4 is 33.2 Å². The number of nitrogens with zero attached hydrogens (tertiary/aromatic N) is 2. The number of nitro groups is 1. The summed E-state index contributed by atoms with van der Waals surface area (Å²) < 4.78 is 6.25. The molecule has 8 heteroatoms. The van der Waals surface area contributed by atoms with E-state index in [9.17, 15) is 14.9 Å². The van der Waals surface area contributed by atoms with E-state index < -0.39 is 10.8 Å². The second kappa shape index (κ2) is 9.10. The van der Waals surface area contributed by atoms with Gasteiger partial charge in [-0.15, -0.1) is 0 Å². The molecular weight excluding hydrogens is 402 g/mol. The Bertz CT molecular complexity index is 852. The summed E-state index contributed by atoms with van der Waals surface area (Å²) in [5.74, 6) is 0.137. The van der Waals surface area contributed by atoms with Gasteiger partial charge in [-0.05, 0) is 47.0 Å². The van der Waals surface area contributed by atoms with Crippen LogP contribution in [-0.2, 0) is 11.2 Å². The number of carbonyl (C=O) groups is 1. The number of ether oxygens (including phenoxy) is 1. The number of aryl methyl sites for hydroxylation is 1. The highest BCUT2D eigenvalue weighted by Gasteiger charge is 2.09. The smallest absolute Gasteiger partial charge is 0.277 e. The van der Waals surface area contributed by atoms with Crippen molar-refractivity contribution in [3.63, 3.8) is 0 Å². The van der Waals surface area contributed by atoms with Gasteiger partial charge >= 0.3 is 0 Å². The maximum atomic E-state index is 11.9. The minimum atomic E-state index is -0.481. The van der Waals surface area contributed by atoms with E-state index in [-0.39, 0.29) is 12.3 Å². The van der Waals surface area contributed by atoms with E-state index in [0.717, 1.165) is 16.5 Å². The highest BCUT2D eigenvalue weighted by Crippen LogP contribution is 2.26. The second-order valence-corrected chi connectivity index (χ2v) is 6.30. The number of hydrogen-bond acceptors (Lipinski definition) is 5. The molecule has 0 spiro atoms. The van der Waals surface area contributed by atoms with Crippen molar-refractivity contribution in [2.24, 2.45) is 5.10 Å². The molecule has 0 fully saturated rings. The van der Waals surface area contributed by atoms with Crippen LogP contribution in [0.4, 0.5) is 5.69 Å². The van der Waals surface area contributed by atoms with Crippen molar-refractivity contribution in [2.75, 3.05) is 6.61 Å². The molecule has 0 saturated heterocycles. The molecule has 0 aliphatic heterocycles. The quantitative estimate of drug-likeness (QED) is 0.419. The Balaban J connectivity index is 1.94. The molecule has 0 heterocycles. The molecule has 0 saturated carbocycles. The van der Waals surface area contributed by atoms with Gasteiger partial charge in [-0.3, -0.25) is 14.9 Å². The zero-order valence-corrected chi connectivity index (χ0v) is 15.9. The minimum absolute atomic E-state index is 0.0351. The molecule has 0 bridgehead atoms. The third-order valence-corrected chi connectivity index (χ3v) is 4.21. The summed E-state index contributed by atoms with van der Waals surface area (Å²) in [7, 11) is 0. The third-order valence-electron chi connectivity index (χ3n) is 3.59. The Morgan fingerprint density at radius 2 is 2.08 bits per heavy atom.